The Morgan fingerprint density at radius 2 is 1.83 bits per heavy atom. The van der Waals surface area contributed by atoms with Gasteiger partial charge in [-0.25, -0.2) is 13.8 Å². The van der Waals surface area contributed by atoms with E-state index in [4.69, 9.17) is 9.47 Å². The molecule has 2 fully saturated rings. The van der Waals surface area contributed by atoms with Crippen LogP contribution in [0, 0.1) is 17.6 Å². The lowest BCUT2D eigenvalue weighted by Crippen LogP contribution is -2.43. The molecule has 1 saturated carbocycles. The Hall–Kier alpha value is -3.00. The van der Waals surface area contributed by atoms with Crippen molar-refractivity contribution in [1.29, 1.82) is 0 Å². The largest absolute Gasteiger partial charge is 0.496 e. The third-order valence-electron chi connectivity index (χ3n) is 8.05. The van der Waals surface area contributed by atoms with Crippen LogP contribution >= 0.6 is 0 Å². The number of nitrogens with zero attached hydrogens (tertiary/aromatic N) is 2. The zero-order valence-electron chi connectivity index (χ0n) is 20.9. The highest BCUT2D eigenvalue weighted by Crippen LogP contribution is 2.40. The molecule has 5 rings (SSSR count). The Balaban J connectivity index is 1.29. The summed E-state index contributed by atoms with van der Waals surface area (Å²) < 4.78 is 39.3. The van der Waals surface area contributed by atoms with Gasteiger partial charge in [-0.15, -0.1) is 0 Å². The molecule has 0 atom stereocenters. The number of rotatable bonds is 6. The van der Waals surface area contributed by atoms with Gasteiger partial charge < -0.3 is 19.4 Å². The molecule has 3 heterocycles. The summed E-state index contributed by atoms with van der Waals surface area (Å²) in [6.45, 7) is 2.03. The van der Waals surface area contributed by atoms with Crippen LogP contribution in [0.25, 0.3) is 22.2 Å². The Morgan fingerprint density at radius 1 is 1.08 bits per heavy atom. The molecule has 6 nitrogen and oxygen atoms in total. The molecule has 0 radical (unpaired) electrons. The summed E-state index contributed by atoms with van der Waals surface area (Å²) in [6, 6.07) is 6.68. The van der Waals surface area contributed by atoms with Crippen molar-refractivity contribution in [3.63, 3.8) is 0 Å². The highest BCUT2D eigenvalue weighted by molar-refractivity contribution is 5.95. The van der Waals surface area contributed by atoms with Crippen LogP contribution in [-0.2, 0) is 9.53 Å². The Kier molecular flexibility index (Phi) is 7.23. The Labute approximate surface area is 210 Å². The first kappa shape index (κ1) is 24.7. The number of aromatic nitrogens is 2. The van der Waals surface area contributed by atoms with E-state index in [1.165, 1.54) is 38.6 Å². The van der Waals surface area contributed by atoms with Gasteiger partial charge in [-0.1, -0.05) is 0 Å². The van der Waals surface area contributed by atoms with Crippen LogP contribution in [0.5, 0.6) is 5.75 Å². The minimum atomic E-state index is -0.505. The molecular weight excluding hydrogens is 464 g/mol. The molecule has 8 heteroatoms. The van der Waals surface area contributed by atoms with E-state index in [1.54, 1.807) is 0 Å². The summed E-state index contributed by atoms with van der Waals surface area (Å²) in [5.74, 6) is 0.131. The topological polar surface area (TPSA) is 67.4 Å². The van der Waals surface area contributed by atoms with Crippen molar-refractivity contribution in [3.8, 4) is 16.9 Å². The second kappa shape index (κ2) is 10.5. The zero-order valence-corrected chi connectivity index (χ0v) is 20.9. The number of esters is 1. The summed E-state index contributed by atoms with van der Waals surface area (Å²) in [5.41, 5.74) is 2.32. The standard InChI is InChI=1S/C28H33F2N3O3/c1-35-25-8-5-19(29)14-21(25)27-22-15-24(32-28(22)31-16-23(27)30)18-9-11-33(12-10-18)20-6-3-17(4-7-20)13-26(34)36-2/h5,8,14-18,20H,3-4,6-7,9-13H2,1-2H3,(H,31,32). The number of halogens is 2. The highest BCUT2D eigenvalue weighted by atomic mass is 19.1. The molecule has 192 valence electrons. The molecule has 3 aromatic rings. The van der Waals surface area contributed by atoms with E-state index in [0.717, 1.165) is 57.3 Å². The van der Waals surface area contributed by atoms with Crippen molar-refractivity contribution in [3.05, 3.63) is 47.8 Å². The second-order valence-corrected chi connectivity index (χ2v) is 10.1. The molecular formula is C28H33F2N3O3. The Bertz CT molecular complexity index is 1230. The third kappa shape index (κ3) is 4.96. The zero-order chi connectivity index (χ0) is 25.2. The quantitative estimate of drug-likeness (QED) is 0.435. The van der Waals surface area contributed by atoms with E-state index >= 15 is 0 Å². The number of fused-ring (bicyclic) bond motifs is 1. The van der Waals surface area contributed by atoms with Crippen LogP contribution in [0.3, 0.4) is 0 Å². The number of aromatic amines is 1. The van der Waals surface area contributed by atoms with E-state index in [9.17, 15) is 13.6 Å². The third-order valence-corrected chi connectivity index (χ3v) is 8.05. The molecule has 2 aromatic heterocycles. The summed E-state index contributed by atoms with van der Waals surface area (Å²) in [7, 11) is 2.95. The average molecular weight is 498 g/mol. The monoisotopic (exact) mass is 497 g/mol. The van der Waals surface area contributed by atoms with E-state index < -0.39 is 11.6 Å². The van der Waals surface area contributed by atoms with Gasteiger partial charge in [0.25, 0.3) is 0 Å². The number of nitrogens with one attached hydrogen (secondary N) is 1. The first-order valence-electron chi connectivity index (χ1n) is 12.8. The highest BCUT2D eigenvalue weighted by Gasteiger charge is 2.31. The van der Waals surface area contributed by atoms with Crippen molar-refractivity contribution in [1.82, 2.24) is 14.9 Å². The molecule has 0 spiro atoms. The molecule has 0 amide bonds. The smallest absolute Gasteiger partial charge is 0.305 e. The normalized spacial score (nSPS) is 21.6. The van der Waals surface area contributed by atoms with Crippen LogP contribution in [-0.4, -0.2) is 54.2 Å². The number of likely N-dealkylation sites (tertiary alicyclic amines) is 1. The number of pyridine rings is 1. The maximum Gasteiger partial charge on any atom is 0.305 e. The molecule has 1 N–H and O–H groups in total. The molecule has 1 saturated heterocycles. The van der Waals surface area contributed by atoms with E-state index in [-0.39, 0.29) is 5.97 Å². The van der Waals surface area contributed by atoms with Crippen molar-refractivity contribution in [2.75, 3.05) is 27.3 Å². The van der Waals surface area contributed by atoms with Crippen molar-refractivity contribution >= 4 is 17.0 Å². The number of H-pyrrole nitrogens is 1. The molecule has 36 heavy (non-hydrogen) atoms. The molecule has 1 aromatic carbocycles. The fraction of sp³-hybridized carbons (Fsp3) is 0.500. The van der Waals surface area contributed by atoms with Gasteiger partial charge in [0.15, 0.2) is 0 Å². The number of ether oxygens (including phenoxy) is 2. The lowest BCUT2D eigenvalue weighted by atomic mass is 9.82. The number of carbonyl (C=O) groups is 1. The van der Waals surface area contributed by atoms with Crippen LogP contribution in [0.15, 0.2) is 30.5 Å². The van der Waals surface area contributed by atoms with Gasteiger partial charge in [-0.2, -0.15) is 0 Å². The minimum Gasteiger partial charge on any atom is -0.496 e. The number of piperidine rings is 1. The fourth-order valence-corrected chi connectivity index (χ4v) is 6.05. The van der Waals surface area contributed by atoms with Crippen molar-refractivity contribution < 1.29 is 23.0 Å². The summed E-state index contributed by atoms with van der Waals surface area (Å²) in [6.07, 6.45) is 8.13. The second-order valence-electron chi connectivity index (χ2n) is 10.1. The predicted molar refractivity (Wildman–Crippen MR) is 134 cm³/mol. The van der Waals surface area contributed by atoms with Crippen molar-refractivity contribution in [2.24, 2.45) is 5.92 Å². The first-order chi connectivity index (χ1) is 17.5. The van der Waals surface area contributed by atoms with Gasteiger partial charge in [0.1, 0.15) is 23.0 Å². The van der Waals surface area contributed by atoms with Gasteiger partial charge in [0.2, 0.25) is 0 Å². The average Bonchev–Trinajstić information content (AvgIpc) is 3.33. The minimum absolute atomic E-state index is 0.106. The van der Waals surface area contributed by atoms with Gasteiger partial charge in [0, 0.05) is 40.6 Å². The van der Waals surface area contributed by atoms with E-state index in [2.05, 4.69) is 14.9 Å². The summed E-state index contributed by atoms with van der Waals surface area (Å²) >= 11 is 0. The number of hydrogen-bond acceptors (Lipinski definition) is 5. The molecule has 2 aliphatic rings. The van der Waals surface area contributed by atoms with Gasteiger partial charge in [-0.3, -0.25) is 4.79 Å². The van der Waals surface area contributed by atoms with Crippen LogP contribution < -0.4 is 4.74 Å². The van der Waals surface area contributed by atoms with Gasteiger partial charge in [0.05, 0.1) is 20.4 Å². The van der Waals surface area contributed by atoms with Gasteiger partial charge >= 0.3 is 5.97 Å². The molecule has 0 bridgehead atoms. The summed E-state index contributed by atoms with van der Waals surface area (Å²) in [4.78, 5) is 21.9. The lowest BCUT2D eigenvalue weighted by Gasteiger charge is -2.40. The molecule has 1 aliphatic heterocycles. The predicted octanol–water partition coefficient (Wildman–Crippen LogP) is 5.82. The van der Waals surface area contributed by atoms with Crippen LogP contribution in [0.2, 0.25) is 0 Å². The van der Waals surface area contributed by atoms with Gasteiger partial charge in [-0.05, 0) is 81.8 Å². The maximum absolute atomic E-state index is 15.0. The number of methoxy groups -OCH3 is 2. The number of carbonyl (C=O) groups excluding carboxylic acids is 1. The fourth-order valence-electron chi connectivity index (χ4n) is 6.05. The number of hydrogen-bond donors (Lipinski definition) is 1. The lowest BCUT2D eigenvalue weighted by molar-refractivity contribution is -0.142. The van der Waals surface area contributed by atoms with E-state index in [1.807, 2.05) is 6.07 Å². The molecule has 0 unspecified atom stereocenters. The summed E-state index contributed by atoms with van der Waals surface area (Å²) in [5, 5.41) is 0.639. The SMILES string of the molecule is COC(=O)CC1CCC(N2CCC(c3cc4c(-c5cc(F)ccc5OC)c(F)cnc4[nH]3)CC2)CC1. The maximum atomic E-state index is 15.0. The molecule has 1 aliphatic carbocycles. The van der Waals surface area contributed by atoms with Crippen molar-refractivity contribution in [2.45, 2.75) is 56.9 Å². The Morgan fingerprint density at radius 3 is 2.53 bits per heavy atom. The van der Waals surface area contributed by atoms with Crippen LogP contribution in [0.1, 0.15) is 56.6 Å². The first-order valence-corrected chi connectivity index (χ1v) is 12.8. The number of benzene rings is 1. The van der Waals surface area contributed by atoms with Crippen LogP contribution in [0.4, 0.5) is 8.78 Å². The van der Waals surface area contributed by atoms with E-state index in [0.29, 0.717) is 52.2 Å².